The molecule has 5 nitrogen and oxygen atoms in total. The van der Waals surface area contributed by atoms with Crippen molar-refractivity contribution < 1.29 is 32.2 Å². The number of allylic oxidation sites excluding steroid dienone is 2. The Kier molecular flexibility index (Phi) is 7.92. The zero-order valence-corrected chi connectivity index (χ0v) is 18.4. The lowest BCUT2D eigenvalue weighted by Gasteiger charge is -2.38. The van der Waals surface area contributed by atoms with Gasteiger partial charge in [-0.25, -0.2) is 9.59 Å². The largest absolute Gasteiger partial charge is 0.463 e. The third-order valence-corrected chi connectivity index (χ3v) is 5.18. The summed E-state index contributed by atoms with van der Waals surface area (Å²) >= 11 is 0. The third kappa shape index (κ3) is 4.94. The Morgan fingerprint density at radius 1 is 0.935 bits per heavy atom. The van der Waals surface area contributed by atoms with Crippen molar-refractivity contribution in [2.24, 2.45) is 0 Å². The summed E-state index contributed by atoms with van der Waals surface area (Å²) in [6, 6.07) is 4.98. The third-order valence-electron chi connectivity index (χ3n) is 5.18. The number of halogens is 3. The minimum absolute atomic E-state index is 0.0145. The highest BCUT2D eigenvalue weighted by Gasteiger charge is 2.44. The molecule has 0 amide bonds. The van der Waals surface area contributed by atoms with E-state index in [0.717, 1.165) is 6.07 Å². The first kappa shape index (κ1) is 24.5. The fourth-order valence-electron chi connectivity index (χ4n) is 3.93. The summed E-state index contributed by atoms with van der Waals surface area (Å²) in [5.74, 6) is -2.77. The number of alkyl halides is 3. The fraction of sp³-hybridized carbons (Fsp3) is 0.478. The van der Waals surface area contributed by atoms with E-state index < -0.39 is 29.6 Å². The summed E-state index contributed by atoms with van der Waals surface area (Å²) < 4.78 is 52.0. The SMILES string of the molecule is CCCN1C(C)=C(C(=O)OCC)C(c2ccccc2C(F)(F)F)C(C(=O)OCC)=C1C. The average Bonchev–Trinajstić information content (AvgIpc) is 2.70. The van der Waals surface area contributed by atoms with Gasteiger partial charge in [-0.3, -0.25) is 0 Å². The van der Waals surface area contributed by atoms with E-state index in [1.807, 2.05) is 6.92 Å². The fourth-order valence-corrected chi connectivity index (χ4v) is 3.93. The molecule has 1 aromatic carbocycles. The summed E-state index contributed by atoms with van der Waals surface area (Å²) in [4.78, 5) is 27.7. The minimum atomic E-state index is -4.67. The molecule has 1 aromatic rings. The standard InChI is InChI=1S/C23H28F3NO4/c1-6-13-27-14(4)18(21(28)30-7-2)20(19(15(27)5)22(29)31-8-3)16-11-9-10-12-17(16)23(24,25)26/h9-12,20H,6-8,13H2,1-5H3. The van der Waals surface area contributed by atoms with Gasteiger partial charge in [-0.2, -0.15) is 13.2 Å². The topological polar surface area (TPSA) is 55.8 Å². The molecular formula is C23H28F3NO4. The van der Waals surface area contributed by atoms with E-state index in [0.29, 0.717) is 24.4 Å². The zero-order chi connectivity index (χ0) is 23.3. The lowest BCUT2D eigenvalue weighted by Crippen LogP contribution is -2.36. The van der Waals surface area contributed by atoms with Crippen molar-refractivity contribution in [3.8, 4) is 0 Å². The first-order valence-corrected chi connectivity index (χ1v) is 10.3. The Morgan fingerprint density at radius 2 is 1.42 bits per heavy atom. The van der Waals surface area contributed by atoms with Gasteiger partial charge in [0.1, 0.15) is 0 Å². The smallest absolute Gasteiger partial charge is 0.416 e. The van der Waals surface area contributed by atoms with E-state index >= 15 is 0 Å². The van der Waals surface area contributed by atoms with Crippen LogP contribution in [-0.4, -0.2) is 36.6 Å². The highest BCUT2D eigenvalue weighted by Crippen LogP contribution is 2.46. The maximum atomic E-state index is 13.9. The minimum Gasteiger partial charge on any atom is -0.463 e. The Hall–Kier alpha value is -2.77. The zero-order valence-electron chi connectivity index (χ0n) is 18.4. The number of rotatable bonds is 7. The summed E-state index contributed by atoms with van der Waals surface area (Å²) in [5, 5.41) is 0. The second-order valence-corrected chi connectivity index (χ2v) is 7.11. The van der Waals surface area contributed by atoms with Crippen LogP contribution >= 0.6 is 0 Å². The molecule has 2 rings (SSSR count). The van der Waals surface area contributed by atoms with Crippen LogP contribution < -0.4 is 0 Å². The van der Waals surface area contributed by atoms with E-state index in [2.05, 4.69) is 0 Å². The first-order valence-electron chi connectivity index (χ1n) is 10.3. The molecule has 0 aromatic heterocycles. The molecule has 0 bridgehead atoms. The van der Waals surface area contributed by atoms with Crippen LogP contribution in [0.25, 0.3) is 0 Å². The molecule has 0 atom stereocenters. The van der Waals surface area contributed by atoms with Crippen molar-refractivity contribution in [2.45, 2.75) is 53.1 Å². The van der Waals surface area contributed by atoms with Crippen molar-refractivity contribution >= 4 is 11.9 Å². The van der Waals surface area contributed by atoms with E-state index in [-0.39, 0.29) is 29.9 Å². The summed E-state index contributed by atoms with van der Waals surface area (Å²) in [7, 11) is 0. The van der Waals surface area contributed by atoms with Crippen molar-refractivity contribution in [1.29, 1.82) is 0 Å². The van der Waals surface area contributed by atoms with Crippen molar-refractivity contribution in [3.05, 3.63) is 57.9 Å². The number of carbonyl (C=O) groups is 2. The van der Waals surface area contributed by atoms with Gasteiger partial charge in [-0.05, 0) is 45.7 Å². The molecule has 0 fully saturated rings. The summed E-state index contributed by atoms with van der Waals surface area (Å²) in [5.41, 5.74) is -0.133. The molecule has 8 heteroatoms. The first-order chi connectivity index (χ1) is 14.6. The highest BCUT2D eigenvalue weighted by molar-refractivity contribution is 6.00. The van der Waals surface area contributed by atoms with Crippen molar-refractivity contribution in [2.75, 3.05) is 19.8 Å². The number of nitrogens with zero attached hydrogens (tertiary/aromatic N) is 1. The molecule has 1 aliphatic heterocycles. The Labute approximate surface area is 180 Å². The van der Waals surface area contributed by atoms with Gasteiger partial charge >= 0.3 is 18.1 Å². The van der Waals surface area contributed by atoms with Gasteiger partial charge < -0.3 is 14.4 Å². The molecular weight excluding hydrogens is 411 g/mol. The van der Waals surface area contributed by atoms with Crippen LogP contribution in [0.15, 0.2) is 46.8 Å². The Morgan fingerprint density at radius 3 is 1.84 bits per heavy atom. The van der Waals surface area contributed by atoms with Gasteiger partial charge in [0.25, 0.3) is 0 Å². The van der Waals surface area contributed by atoms with Crippen molar-refractivity contribution in [1.82, 2.24) is 4.90 Å². The number of esters is 2. The molecule has 0 radical (unpaired) electrons. The van der Waals surface area contributed by atoms with Crippen LogP contribution in [0.4, 0.5) is 13.2 Å². The summed E-state index contributed by atoms with van der Waals surface area (Å²) in [6.45, 7) is 9.08. The van der Waals surface area contributed by atoms with Crippen LogP contribution in [0, 0.1) is 0 Å². The van der Waals surface area contributed by atoms with Crippen molar-refractivity contribution in [3.63, 3.8) is 0 Å². The van der Waals surface area contributed by atoms with Crippen LogP contribution in [0.2, 0.25) is 0 Å². The van der Waals surface area contributed by atoms with Gasteiger partial charge in [0, 0.05) is 17.9 Å². The summed E-state index contributed by atoms with van der Waals surface area (Å²) in [6.07, 6.45) is -3.97. The molecule has 170 valence electrons. The van der Waals surface area contributed by atoms with E-state index in [4.69, 9.17) is 9.47 Å². The van der Waals surface area contributed by atoms with Gasteiger partial charge in [0.05, 0.1) is 35.8 Å². The molecule has 1 heterocycles. The second-order valence-electron chi connectivity index (χ2n) is 7.11. The molecule has 0 N–H and O–H groups in total. The Balaban J connectivity index is 2.89. The molecule has 0 saturated heterocycles. The number of benzene rings is 1. The molecule has 0 saturated carbocycles. The van der Waals surface area contributed by atoms with Gasteiger partial charge in [-0.1, -0.05) is 25.1 Å². The monoisotopic (exact) mass is 439 g/mol. The number of hydrogen-bond donors (Lipinski definition) is 0. The normalized spacial score (nSPS) is 15.4. The molecule has 1 aliphatic rings. The molecule has 31 heavy (non-hydrogen) atoms. The lowest BCUT2D eigenvalue weighted by atomic mass is 9.78. The molecule has 0 aliphatic carbocycles. The van der Waals surface area contributed by atoms with Gasteiger partial charge in [0.2, 0.25) is 0 Å². The van der Waals surface area contributed by atoms with Crippen LogP contribution in [0.3, 0.4) is 0 Å². The van der Waals surface area contributed by atoms with Gasteiger partial charge in [-0.15, -0.1) is 0 Å². The van der Waals surface area contributed by atoms with E-state index in [9.17, 15) is 22.8 Å². The maximum Gasteiger partial charge on any atom is 0.416 e. The Bertz CT molecular complexity index is 860. The quantitative estimate of drug-likeness (QED) is 0.548. The number of carbonyl (C=O) groups excluding carboxylic acids is 2. The predicted molar refractivity (Wildman–Crippen MR) is 110 cm³/mol. The second kappa shape index (κ2) is 10.0. The van der Waals surface area contributed by atoms with Crippen LogP contribution in [0.5, 0.6) is 0 Å². The average molecular weight is 439 g/mol. The highest BCUT2D eigenvalue weighted by atomic mass is 19.4. The maximum absolute atomic E-state index is 13.9. The predicted octanol–water partition coefficient (Wildman–Crippen LogP) is 5.19. The number of ether oxygens (including phenoxy) is 2. The van der Waals surface area contributed by atoms with Crippen LogP contribution in [-0.2, 0) is 25.2 Å². The number of hydrogen-bond acceptors (Lipinski definition) is 5. The van der Waals surface area contributed by atoms with Crippen LogP contribution in [0.1, 0.15) is 58.1 Å². The lowest BCUT2D eigenvalue weighted by molar-refractivity contribution is -0.142. The molecule has 0 unspecified atom stereocenters. The van der Waals surface area contributed by atoms with E-state index in [1.165, 1.54) is 18.2 Å². The van der Waals surface area contributed by atoms with Gasteiger partial charge in [0.15, 0.2) is 0 Å². The van der Waals surface area contributed by atoms with E-state index in [1.54, 1.807) is 32.6 Å². The molecule has 0 spiro atoms.